The summed E-state index contributed by atoms with van der Waals surface area (Å²) >= 11 is 0. The molecule has 0 saturated carbocycles. The van der Waals surface area contributed by atoms with Crippen molar-refractivity contribution in [2.24, 2.45) is 11.1 Å². The van der Waals surface area contributed by atoms with E-state index in [1.165, 1.54) is 6.07 Å². The van der Waals surface area contributed by atoms with Crippen molar-refractivity contribution in [2.45, 2.75) is 26.8 Å². The minimum absolute atomic E-state index is 0.293. The summed E-state index contributed by atoms with van der Waals surface area (Å²) in [6.45, 7) is 5.61. The quantitative estimate of drug-likeness (QED) is 0.826. The van der Waals surface area contributed by atoms with E-state index in [0.717, 1.165) is 0 Å². The highest BCUT2D eigenvalue weighted by Gasteiger charge is 2.29. The molecule has 1 atom stereocenters. The molecular formula is C12H17FN2O. The van der Waals surface area contributed by atoms with Crippen LogP contribution >= 0.6 is 0 Å². The predicted octanol–water partition coefficient (Wildman–Crippen LogP) is 2.14. The number of rotatable bonds is 3. The number of amides is 1. The van der Waals surface area contributed by atoms with Gasteiger partial charge in [-0.1, -0.05) is 32.9 Å². The summed E-state index contributed by atoms with van der Waals surface area (Å²) in [5, 5.41) is 2.84. The topological polar surface area (TPSA) is 55.1 Å². The Hall–Kier alpha value is -1.58. The largest absolute Gasteiger partial charge is 0.371 e. The first-order chi connectivity index (χ1) is 7.32. The predicted molar refractivity (Wildman–Crippen MR) is 62.5 cm³/mol. The Kier molecular flexibility index (Phi) is 3.52. The van der Waals surface area contributed by atoms with Crippen molar-refractivity contribution in [3.05, 3.63) is 30.1 Å². The third kappa shape index (κ3) is 2.95. The second-order valence-corrected chi connectivity index (χ2v) is 4.83. The standard InChI is InChI=1S/C12H17FN2O/c1-12(2,3)10(11(14)16)15-9-7-5-4-6-8(9)13/h4-7,10,15H,1-3H3,(H2,14,16). The van der Waals surface area contributed by atoms with E-state index in [0.29, 0.717) is 5.69 Å². The van der Waals surface area contributed by atoms with E-state index in [1.54, 1.807) is 18.2 Å². The van der Waals surface area contributed by atoms with Crippen LogP contribution in [0.1, 0.15) is 20.8 Å². The van der Waals surface area contributed by atoms with Crippen LogP contribution in [0, 0.1) is 11.2 Å². The van der Waals surface area contributed by atoms with Crippen molar-refractivity contribution < 1.29 is 9.18 Å². The molecule has 3 nitrogen and oxygen atoms in total. The SMILES string of the molecule is CC(C)(C)C(Nc1ccccc1F)C(N)=O. The van der Waals surface area contributed by atoms with Crippen LogP contribution in [0.2, 0.25) is 0 Å². The Balaban J connectivity index is 2.94. The Labute approximate surface area is 94.8 Å². The van der Waals surface area contributed by atoms with Gasteiger partial charge < -0.3 is 11.1 Å². The van der Waals surface area contributed by atoms with Crippen LogP contribution in [0.3, 0.4) is 0 Å². The third-order valence-electron chi connectivity index (χ3n) is 2.32. The summed E-state index contributed by atoms with van der Waals surface area (Å²) < 4.78 is 13.4. The van der Waals surface area contributed by atoms with Crippen molar-refractivity contribution in [1.82, 2.24) is 0 Å². The van der Waals surface area contributed by atoms with Crippen LogP contribution in [-0.2, 0) is 4.79 Å². The molecule has 0 radical (unpaired) electrons. The van der Waals surface area contributed by atoms with Crippen molar-refractivity contribution in [3.8, 4) is 0 Å². The Morgan fingerprint density at radius 2 is 1.94 bits per heavy atom. The molecule has 4 heteroatoms. The first-order valence-corrected chi connectivity index (χ1v) is 5.13. The van der Waals surface area contributed by atoms with Gasteiger partial charge in [-0.15, -0.1) is 0 Å². The summed E-state index contributed by atoms with van der Waals surface area (Å²) in [5.74, 6) is -0.881. The number of carbonyl (C=O) groups is 1. The van der Waals surface area contributed by atoms with Crippen molar-refractivity contribution in [3.63, 3.8) is 0 Å². The number of carbonyl (C=O) groups excluding carboxylic acids is 1. The van der Waals surface area contributed by atoms with Gasteiger partial charge in [-0.2, -0.15) is 0 Å². The molecule has 3 N–H and O–H groups in total. The molecular weight excluding hydrogens is 207 g/mol. The molecule has 1 aromatic carbocycles. The molecule has 0 aromatic heterocycles. The van der Waals surface area contributed by atoms with Crippen LogP contribution in [0.15, 0.2) is 24.3 Å². The molecule has 88 valence electrons. The molecule has 0 bridgehead atoms. The summed E-state index contributed by atoms with van der Waals surface area (Å²) in [5.41, 5.74) is 5.22. The van der Waals surface area contributed by atoms with E-state index in [4.69, 9.17) is 5.73 Å². The number of para-hydroxylation sites is 1. The smallest absolute Gasteiger partial charge is 0.240 e. The van der Waals surface area contributed by atoms with Crippen LogP contribution in [0.25, 0.3) is 0 Å². The zero-order valence-electron chi connectivity index (χ0n) is 9.75. The van der Waals surface area contributed by atoms with Crippen molar-refractivity contribution in [1.29, 1.82) is 0 Å². The monoisotopic (exact) mass is 224 g/mol. The third-order valence-corrected chi connectivity index (χ3v) is 2.32. The van der Waals surface area contributed by atoms with E-state index in [2.05, 4.69) is 5.32 Å². The number of halogens is 1. The average molecular weight is 224 g/mol. The number of primary amides is 1. The zero-order chi connectivity index (χ0) is 12.3. The van der Waals surface area contributed by atoms with Gasteiger partial charge in [-0.3, -0.25) is 4.79 Å². The zero-order valence-corrected chi connectivity index (χ0v) is 9.75. The molecule has 0 aliphatic heterocycles. The Morgan fingerprint density at radius 3 is 2.38 bits per heavy atom. The molecule has 0 fully saturated rings. The van der Waals surface area contributed by atoms with Crippen LogP contribution in [0.4, 0.5) is 10.1 Å². The fourth-order valence-corrected chi connectivity index (χ4v) is 1.45. The highest BCUT2D eigenvalue weighted by Crippen LogP contribution is 2.24. The van der Waals surface area contributed by atoms with E-state index < -0.39 is 17.8 Å². The second kappa shape index (κ2) is 4.51. The molecule has 16 heavy (non-hydrogen) atoms. The maximum Gasteiger partial charge on any atom is 0.240 e. The number of hydrogen-bond acceptors (Lipinski definition) is 2. The van der Waals surface area contributed by atoms with Crippen molar-refractivity contribution >= 4 is 11.6 Å². The van der Waals surface area contributed by atoms with Gasteiger partial charge in [0.15, 0.2) is 0 Å². The maximum atomic E-state index is 13.4. The minimum atomic E-state index is -0.607. The van der Waals surface area contributed by atoms with E-state index >= 15 is 0 Å². The molecule has 0 heterocycles. The molecule has 1 aromatic rings. The lowest BCUT2D eigenvalue weighted by Gasteiger charge is -2.29. The summed E-state index contributed by atoms with van der Waals surface area (Å²) in [4.78, 5) is 11.3. The molecule has 0 aliphatic rings. The fraction of sp³-hybridized carbons (Fsp3) is 0.417. The van der Waals surface area contributed by atoms with Gasteiger partial charge in [0.1, 0.15) is 11.9 Å². The lowest BCUT2D eigenvalue weighted by atomic mass is 9.86. The van der Waals surface area contributed by atoms with E-state index in [9.17, 15) is 9.18 Å². The van der Waals surface area contributed by atoms with Gasteiger partial charge in [-0.05, 0) is 17.5 Å². The van der Waals surface area contributed by atoms with Gasteiger partial charge in [-0.25, -0.2) is 4.39 Å². The number of nitrogens with one attached hydrogen (secondary N) is 1. The van der Waals surface area contributed by atoms with E-state index in [-0.39, 0.29) is 5.41 Å². The summed E-state index contributed by atoms with van der Waals surface area (Å²) in [7, 11) is 0. The van der Waals surface area contributed by atoms with Gasteiger partial charge in [0.25, 0.3) is 0 Å². The summed E-state index contributed by atoms with van der Waals surface area (Å²) in [6.07, 6.45) is 0. The maximum absolute atomic E-state index is 13.4. The number of hydrogen-bond donors (Lipinski definition) is 2. The fourth-order valence-electron chi connectivity index (χ4n) is 1.45. The van der Waals surface area contributed by atoms with Crippen LogP contribution < -0.4 is 11.1 Å². The van der Waals surface area contributed by atoms with Gasteiger partial charge >= 0.3 is 0 Å². The highest BCUT2D eigenvalue weighted by molar-refractivity contribution is 5.83. The molecule has 0 saturated heterocycles. The number of nitrogens with two attached hydrogens (primary N) is 1. The molecule has 1 rings (SSSR count). The lowest BCUT2D eigenvalue weighted by Crippen LogP contribution is -2.45. The highest BCUT2D eigenvalue weighted by atomic mass is 19.1. The molecule has 1 unspecified atom stereocenters. The second-order valence-electron chi connectivity index (χ2n) is 4.83. The van der Waals surface area contributed by atoms with E-state index in [1.807, 2.05) is 20.8 Å². The Bertz CT molecular complexity index is 385. The van der Waals surface area contributed by atoms with Crippen LogP contribution in [0.5, 0.6) is 0 Å². The van der Waals surface area contributed by atoms with Gasteiger partial charge in [0.2, 0.25) is 5.91 Å². The number of benzene rings is 1. The first-order valence-electron chi connectivity index (χ1n) is 5.13. The average Bonchev–Trinajstić information content (AvgIpc) is 2.14. The number of anilines is 1. The summed E-state index contributed by atoms with van der Waals surface area (Å²) in [6, 6.07) is 5.60. The first kappa shape index (κ1) is 12.5. The minimum Gasteiger partial charge on any atom is -0.371 e. The van der Waals surface area contributed by atoms with Gasteiger partial charge in [0.05, 0.1) is 5.69 Å². The Morgan fingerprint density at radius 1 is 1.38 bits per heavy atom. The van der Waals surface area contributed by atoms with Crippen LogP contribution in [-0.4, -0.2) is 11.9 Å². The molecule has 0 aliphatic carbocycles. The lowest BCUT2D eigenvalue weighted by molar-refractivity contribution is -0.120. The van der Waals surface area contributed by atoms with Gasteiger partial charge in [0, 0.05) is 0 Å². The molecule has 0 spiro atoms. The normalized spacial score (nSPS) is 13.2. The molecule has 1 amide bonds. The van der Waals surface area contributed by atoms with Crippen molar-refractivity contribution in [2.75, 3.05) is 5.32 Å².